The molecule has 94 valence electrons. The van der Waals surface area contributed by atoms with Crippen LogP contribution >= 0.6 is 0 Å². The van der Waals surface area contributed by atoms with Crippen LogP contribution in [0.3, 0.4) is 0 Å². The Hall–Kier alpha value is -1.55. The molecule has 0 unspecified atom stereocenters. The lowest BCUT2D eigenvalue weighted by Crippen LogP contribution is -2.17. The molecule has 2 atom stereocenters. The van der Waals surface area contributed by atoms with E-state index in [4.69, 9.17) is 9.47 Å². The summed E-state index contributed by atoms with van der Waals surface area (Å²) in [6.07, 6.45) is -0.653. The molecule has 0 spiro atoms. The first-order valence-electron chi connectivity index (χ1n) is 5.50. The SMILES string of the molecule is COc1ccc([C@H](O)[C@H](C)COC(C)=O)cc1. The second-order valence-electron chi connectivity index (χ2n) is 4.00. The monoisotopic (exact) mass is 238 g/mol. The Bertz CT molecular complexity index is 358. The molecule has 0 fully saturated rings. The van der Waals surface area contributed by atoms with E-state index in [9.17, 15) is 9.90 Å². The summed E-state index contributed by atoms with van der Waals surface area (Å²) in [6, 6.07) is 7.18. The number of hydrogen-bond donors (Lipinski definition) is 1. The van der Waals surface area contributed by atoms with Gasteiger partial charge in [0.05, 0.1) is 19.8 Å². The van der Waals surface area contributed by atoms with Gasteiger partial charge in [0.2, 0.25) is 0 Å². The predicted molar refractivity (Wildman–Crippen MR) is 63.8 cm³/mol. The molecular weight excluding hydrogens is 220 g/mol. The number of aliphatic hydroxyl groups excluding tert-OH is 1. The standard InChI is InChI=1S/C13H18O4/c1-9(8-17-10(2)14)13(15)11-4-6-12(16-3)7-5-11/h4-7,9,13,15H,8H2,1-3H3/t9-,13-/m1/s1. The number of methoxy groups -OCH3 is 1. The highest BCUT2D eigenvalue weighted by molar-refractivity contribution is 5.65. The van der Waals surface area contributed by atoms with Gasteiger partial charge >= 0.3 is 5.97 Å². The molecule has 0 radical (unpaired) electrons. The molecule has 1 aromatic rings. The van der Waals surface area contributed by atoms with Crippen LogP contribution in [-0.2, 0) is 9.53 Å². The van der Waals surface area contributed by atoms with Crippen molar-refractivity contribution in [2.24, 2.45) is 5.92 Å². The minimum atomic E-state index is -0.653. The lowest BCUT2D eigenvalue weighted by atomic mass is 9.98. The van der Waals surface area contributed by atoms with Gasteiger partial charge in [0.1, 0.15) is 5.75 Å². The van der Waals surface area contributed by atoms with Crippen LogP contribution in [0.2, 0.25) is 0 Å². The zero-order chi connectivity index (χ0) is 12.8. The Morgan fingerprint density at radius 2 is 1.94 bits per heavy atom. The molecule has 0 saturated carbocycles. The van der Waals surface area contributed by atoms with E-state index in [1.54, 1.807) is 31.4 Å². The van der Waals surface area contributed by atoms with Gasteiger partial charge in [-0.3, -0.25) is 4.79 Å². The van der Waals surface area contributed by atoms with Crippen LogP contribution in [0.1, 0.15) is 25.5 Å². The van der Waals surface area contributed by atoms with E-state index in [2.05, 4.69) is 0 Å². The predicted octanol–water partition coefficient (Wildman–Crippen LogP) is 1.93. The van der Waals surface area contributed by atoms with Crippen molar-refractivity contribution in [3.63, 3.8) is 0 Å². The van der Waals surface area contributed by atoms with Gasteiger partial charge in [-0.1, -0.05) is 19.1 Å². The normalized spacial score (nSPS) is 13.9. The molecule has 0 aliphatic carbocycles. The van der Waals surface area contributed by atoms with Crippen LogP contribution in [0.4, 0.5) is 0 Å². The molecule has 1 N–H and O–H groups in total. The number of ether oxygens (including phenoxy) is 2. The van der Waals surface area contributed by atoms with E-state index >= 15 is 0 Å². The van der Waals surface area contributed by atoms with Gasteiger partial charge in [-0.25, -0.2) is 0 Å². The van der Waals surface area contributed by atoms with Gasteiger partial charge in [0.25, 0.3) is 0 Å². The topological polar surface area (TPSA) is 55.8 Å². The summed E-state index contributed by atoms with van der Waals surface area (Å²) < 4.78 is 9.90. The summed E-state index contributed by atoms with van der Waals surface area (Å²) in [4.78, 5) is 10.7. The van der Waals surface area contributed by atoms with Crippen molar-refractivity contribution in [3.8, 4) is 5.75 Å². The van der Waals surface area contributed by atoms with Crippen LogP contribution in [0.15, 0.2) is 24.3 Å². The Kier molecular flexibility index (Phi) is 4.97. The summed E-state index contributed by atoms with van der Waals surface area (Å²) in [7, 11) is 1.59. The number of carbonyl (C=O) groups is 1. The molecule has 0 aliphatic heterocycles. The average Bonchev–Trinajstić information content (AvgIpc) is 2.35. The van der Waals surface area contributed by atoms with Crippen molar-refractivity contribution in [3.05, 3.63) is 29.8 Å². The van der Waals surface area contributed by atoms with Crippen LogP contribution in [0.5, 0.6) is 5.75 Å². The second kappa shape index (κ2) is 6.25. The Labute approximate surface area is 101 Å². The van der Waals surface area contributed by atoms with E-state index in [0.29, 0.717) is 0 Å². The summed E-state index contributed by atoms with van der Waals surface area (Å²) in [5.41, 5.74) is 0.783. The van der Waals surface area contributed by atoms with E-state index in [1.807, 2.05) is 6.92 Å². The van der Waals surface area contributed by atoms with Crippen LogP contribution in [0.25, 0.3) is 0 Å². The van der Waals surface area contributed by atoms with E-state index < -0.39 is 6.10 Å². The first kappa shape index (κ1) is 13.5. The first-order valence-corrected chi connectivity index (χ1v) is 5.50. The van der Waals surface area contributed by atoms with Crippen molar-refractivity contribution < 1.29 is 19.4 Å². The molecule has 4 nitrogen and oxygen atoms in total. The fraction of sp³-hybridized carbons (Fsp3) is 0.462. The molecule has 1 aromatic carbocycles. The third-order valence-corrected chi connectivity index (χ3v) is 2.55. The van der Waals surface area contributed by atoms with Crippen molar-refractivity contribution in [1.29, 1.82) is 0 Å². The first-order chi connectivity index (χ1) is 8.04. The largest absolute Gasteiger partial charge is 0.497 e. The minimum absolute atomic E-state index is 0.146. The summed E-state index contributed by atoms with van der Waals surface area (Å²) in [5.74, 6) is 0.264. The molecule has 0 amide bonds. The van der Waals surface area contributed by atoms with E-state index in [-0.39, 0.29) is 18.5 Å². The number of esters is 1. The third-order valence-electron chi connectivity index (χ3n) is 2.55. The van der Waals surface area contributed by atoms with Gasteiger partial charge in [-0.2, -0.15) is 0 Å². The van der Waals surface area contributed by atoms with Crippen molar-refractivity contribution in [2.75, 3.05) is 13.7 Å². The van der Waals surface area contributed by atoms with Gasteiger partial charge in [0.15, 0.2) is 0 Å². The minimum Gasteiger partial charge on any atom is -0.497 e. The highest BCUT2D eigenvalue weighted by atomic mass is 16.5. The molecule has 0 bridgehead atoms. The molecular formula is C13H18O4. The summed E-state index contributed by atoms with van der Waals surface area (Å²) >= 11 is 0. The maximum absolute atomic E-state index is 10.7. The van der Waals surface area contributed by atoms with Crippen molar-refractivity contribution >= 4 is 5.97 Å². The lowest BCUT2D eigenvalue weighted by Gasteiger charge is -2.18. The molecule has 0 heterocycles. The molecule has 0 saturated heterocycles. The highest BCUT2D eigenvalue weighted by Gasteiger charge is 2.17. The zero-order valence-corrected chi connectivity index (χ0v) is 10.3. The number of aliphatic hydroxyl groups is 1. The van der Waals surface area contributed by atoms with Gasteiger partial charge in [0, 0.05) is 12.8 Å². The number of benzene rings is 1. The van der Waals surface area contributed by atoms with Crippen LogP contribution < -0.4 is 4.74 Å². The highest BCUT2D eigenvalue weighted by Crippen LogP contribution is 2.24. The van der Waals surface area contributed by atoms with E-state index in [1.165, 1.54) is 6.92 Å². The maximum Gasteiger partial charge on any atom is 0.302 e. The third kappa shape index (κ3) is 4.07. The molecule has 17 heavy (non-hydrogen) atoms. The van der Waals surface area contributed by atoms with Crippen molar-refractivity contribution in [2.45, 2.75) is 20.0 Å². The Morgan fingerprint density at radius 1 is 1.35 bits per heavy atom. The molecule has 0 aliphatic rings. The quantitative estimate of drug-likeness (QED) is 0.796. The summed E-state index contributed by atoms with van der Waals surface area (Å²) in [6.45, 7) is 3.40. The zero-order valence-electron chi connectivity index (χ0n) is 10.3. The average molecular weight is 238 g/mol. The van der Waals surface area contributed by atoms with Gasteiger partial charge in [-0.15, -0.1) is 0 Å². The fourth-order valence-electron chi connectivity index (χ4n) is 1.47. The number of hydrogen-bond acceptors (Lipinski definition) is 4. The molecule has 0 aromatic heterocycles. The van der Waals surface area contributed by atoms with Gasteiger partial charge < -0.3 is 14.6 Å². The number of rotatable bonds is 5. The second-order valence-corrected chi connectivity index (χ2v) is 4.00. The van der Waals surface area contributed by atoms with Crippen molar-refractivity contribution in [1.82, 2.24) is 0 Å². The fourth-order valence-corrected chi connectivity index (χ4v) is 1.47. The van der Waals surface area contributed by atoms with E-state index in [0.717, 1.165) is 11.3 Å². The van der Waals surface area contributed by atoms with Gasteiger partial charge in [-0.05, 0) is 17.7 Å². The smallest absolute Gasteiger partial charge is 0.302 e. The summed E-state index contributed by atoms with van der Waals surface area (Å²) in [5, 5.41) is 10.0. The number of carbonyl (C=O) groups excluding carboxylic acids is 1. The lowest BCUT2D eigenvalue weighted by molar-refractivity contribution is -0.143. The van der Waals surface area contributed by atoms with Crippen LogP contribution in [-0.4, -0.2) is 24.8 Å². The molecule has 4 heteroatoms. The Balaban J connectivity index is 2.60. The van der Waals surface area contributed by atoms with Crippen LogP contribution in [0, 0.1) is 5.92 Å². The Morgan fingerprint density at radius 3 is 2.41 bits per heavy atom. The maximum atomic E-state index is 10.7. The molecule has 1 rings (SSSR count).